The van der Waals surface area contributed by atoms with Crippen LogP contribution in [0.2, 0.25) is 0 Å². The molecule has 23 heavy (non-hydrogen) atoms. The molecule has 122 valence electrons. The molecule has 1 aromatic heterocycles. The molecule has 0 atom stereocenters. The van der Waals surface area contributed by atoms with E-state index < -0.39 is 5.63 Å². The average Bonchev–Trinajstić information content (AvgIpc) is 2.53. The molecule has 0 unspecified atom stereocenters. The van der Waals surface area contributed by atoms with Crippen LogP contribution in [0.15, 0.2) is 51.7 Å². The van der Waals surface area contributed by atoms with Crippen LogP contribution in [0.25, 0.3) is 11.0 Å². The maximum atomic E-state index is 11.5. The third-order valence-corrected chi connectivity index (χ3v) is 3.24. The summed E-state index contributed by atoms with van der Waals surface area (Å²) in [5.74, 6) is 0.175. The zero-order chi connectivity index (χ0) is 16.7. The van der Waals surface area contributed by atoms with Crippen LogP contribution in [0.4, 0.5) is 0 Å². The van der Waals surface area contributed by atoms with Crippen LogP contribution in [-0.2, 0) is 9.53 Å². The van der Waals surface area contributed by atoms with Crippen molar-refractivity contribution in [2.24, 2.45) is 0 Å². The summed E-state index contributed by atoms with van der Waals surface area (Å²) in [5.41, 5.74) is 0.496. The third kappa shape index (κ3) is 4.98. The van der Waals surface area contributed by atoms with E-state index in [2.05, 4.69) is 6.58 Å². The van der Waals surface area contributed by atoms with Crippen molar-refractivity contribution in [3.8, 4) is 5.75 Å². The highest BCUT2D eigenvalue weighted by molar-refractivity contribution is 5.86. The van der Waals surface area contributed by atoms with E-state index in [1.54, 1.807) is 19.1 Å². The molecule has 5 nitrogen and oxygen atoms in total. The van der Waals surface area contributed by atoms with Crippen LogP contribution in [0.5, 0.6) is 5.75 Å². The number of ether oxygens (including phenoxy) is 2. The Hall–Kier alpha value is -2.56. The van der Waals surface area contributed by atoms with Gasteiger partial charge in [-0.2, -0.15) is 0 Å². The van der Waals surface area contributed by atoms with Crippen molar-refractivity contribution in [1.82, 2.24) is 0 Å². The van der Waals surface area contributed by atoms with Crippen LogP contribution in [0, 0.1) is 0 Å². The molecular formula is C18H20O5. The summed E-state index contributed by atoms with van der Waals surface area (Å²) in [7, 11) is 0. The second-order valence-electron chi connectivity index (χ2n) is 5.25. The Morgan fingerprint density at radius 3 is 2.70 bits per heavy atom. The molecule has 2 rings (SSSR count). The van der Waals surface area contributed by atoms with Gasteiger partial charge >= 0.3 is 11.6 Å². The fourth-order valence-electron chi connectivity index (χ4n) is 2.05. The standard InChI is InChI=1S/C18H20O5/c1-13(2)18(20)22-11-7-3-6-10-21-16-12-17(19)23-15-9-5-4-8-14(15)16/h4-5,8-9,12H,1,3,6-7,10-11H2,2H3. The summed E-state index contributed by atoms with van der Waals surface area (Å²) < 4.78 is 15.8. The molecule has 0 spiro atoms. The second-order valence-corrected chi connectivity index (χ2v) is 5.25. The van der Waals surface area contributed by atoms with Gasteiger partial charge in [0.15, 0.2) is 0 Å². The highest BCUT2D eigenvalue weighted by Crippen LogP contribution is 2.23. The monoisotopic (exact) mass is 316 g/mol. The number of unbranched alkanes of at least 4 members (excludes halogenated alkanes) is 2. The lowest BCUT2D eigenvalue weighted by molar-refractivity contribution is -0.139. The van der Waals surface area contributed by atoms with Crippen LogP contribution in [0.3, 0.4) is 0 Å². The fraction of sp³-hybridized carbons (Fsp3) is 0.333. The minimum absolute atomic E-state index is 0.358. The Bertz CT molecular complexity index is 744. The lowest BCUT2D eigenvalue weighted by Crippen LogP contribution is -2.07. The molecule has 2 aromatic rings. The number of esters is 1. The lowest BCUT2D eigenvalue weighted by Gasteiger charge is -2.08. The largest absolute Gasteiger partial charge is 0.493 e. The number of carbonyl (C=O) groups is 1. The zero-order valence-electron chi connectivity index (χ0n) is 13.2. The Morgan fingerprint density at radius 2 is 1.91 bits per heavy atom. The molecule has 0 saturated heterocycles. The first-order valence-corrected chi connectivity index (χ1v) is 7.56. The van der Waals surface area contributed by atoms with Gasteiger partial charge in [-0.3, -0.25) is 0 Å². The van der Waals surface area contributed by atoms with Gasteiger partial charge in [0.1, 0.15) is 11.3 Å². The van der Waals surface area contributed by atoms with Crippen molar-refractivity contribution in [2.45, 2.75) is 26.2 Å². The minimum atomic E-state index is -0.426. The van der Waals surface area contributed by atoms with E-state index in [1.807, 2.05) is 12.1 Å². The summed E-state index contributed by atoms with van der Waals surface area (Å²) in [5, 5.41) is 0.780. The molecule has 5 heteroatoms. The average molecular weight is 316 g/mol. The second kappa shape index (κ2) is 8.17. The van der Waals surface area contributed by atoms with E-state index in [0.29, 0.717) is 30.1 Å². The topological polar surface area (TPSA) is 65.7 Å². The quantitative estimate of drug-likeness (QED) is 0.323. The maximum Gasteiger partial charge on any atom is 0.339 e. The van der Waals surface area contributed by atoms with Gasteiger partial charge < -0.3 is 13.9 Å². The Labute approximate surface area is 134 Å². The maximum absolute atomic E-state index is 11.5. The molecule has 0 aliphatic heterocycles. The number of benzene rings is 1. The number of rotatable bonds is 8. The number of fused-ring (bicyclic) bond motifs is 1. The predicted octanol–water partition coefficient (Wildman–Crippen LogP) is 3.46. The summed E-state index contributed by atoms with van der Waals surface area (Å²) in [6.07, 6.45) is 2.43. The Morgan fingerprint density at radius 1 is 1.17 bits per heavy atom. The van der Waals surface area contributed by atoms with Crippen molar-refractivity contribution in [2.75, 3.05) is 13.2 Å². The predicted molar refractivity (Wildman–Crippen MR) is 87.6 cm³/mol. The SMILES string of the molecule is C=C(C)C(=O)OCCCCCOc1cc(=O)oc2ccccc12. The molecule has 1 aromatic carbocycles. The Balaban J connectivity index is 1.76. The van der Waals surface area contributed by atoms with Crippen LogP contribution in [-0.4, -0.2) is 19.2 Å². The molecule has 0 saturated carbocycles. The summed E-state index contributed by atoms with van der Waals surface area (Å²) in [6.45, 7) is 6.01. The summed E-state index contributed by atoms with van der Waals surface area (Å²) in [6, 6.07) is 8.62. The molecule has 0 radical (unpaired) electrons. The lowest BCUT2D eigenvalue weighted by atomic mass is 10.2. The van der Waals surface area contributed by atoms with Gasteiger partial charge in [0.2, 0.25) is 0 Å². The smallest absolute Gasteiger partial charge is 0.339 e. The van der Waals surface area contributed by atoms with Gasteiger partial charge in [-0.15, -0.1) is 0 Å². The first-order valence-electron chi connectivity index (χ1n) is 7.56. The number of hydrogen-bond donors (Lipinski definition) is 0. The van der Waals surface area contributed by atoms with Crippen molar-refractivity contribution in [3.05, 3.63) is 52.9 Å². The molecule has 0 N–H and O–H groups in total. The van der Waals surface area contributed by atoms with Gasteiger partial charge in [-0.05, 0) is 38.3 Å². The van der Waals surface area contributed by atoms with E-state index in [1.165, 1.54) is 6.07 Å². The first kappa shape index (κ1) is 16.8. The van der Waals surface area contributed by atoms with Crippen LogP contribution in [0.1, 0.15) is 26.2 Å². The molecule has 0 fully saturated rings. The van der Waals surface area contributed by atoms with Gasteiger partial charge in [-0.25, -0.2) is 9.59 Å². The molecule has 1 heterocycles. The van der Waals surface area contributed by atoms with Crippen molar-refractivity contribution in [1.29, 1.82) is 0 Å². The van der Waals surface area contributed by atoms with Crippen LogP contribution >= 0.6 is 0 Å². The van der Waals surface area contributed by atoms with E-state index in [0.717, 1.165) is 24.6 Å². The van der Waals surface area contributed by atoms with E-state index in [9.17, 15) is 9.59 Å². The number of para-hydroxylation sites is 1. The normalized spacial score (nSPS) is 10.5. The van der Waals surface area contributed by atoms with Crippen molar-refractivity contribution < 1.29 is 18.7 Å². The summed E-state index contributed by atoms with van der Waals surface area (Å²) >= 11 is 0. The molecular weight excluding hydrogens is 296 g/mol. The van der Waals surface area contributed by atoms with E-state index >= 15 is 0 Å². The molecule has 0 amide bonds. The summed E-state index contributed by atoms with van der Waals surface area (Å²) in [4.78, 5) is 22.7. The van der Waals surface area contributed by atoms with Crippen molar-refractivity contribution >= 4 is 16.9 Å². The molecule has 0 bridgehead atoms. The van der Waals surface area contributed by atoms with Gasteiger partial charge in [0.25, 0.3) is 0 Å². The first-order chi connectivity index (χ1) is 11.1. The Kier molecular flexibility index (Phi) is 5.97. The fourth-order valence-corrected chi connectivity index (χ4v) is 2.05. The van der Waals surface area contributed by atoms with Crippen LogP contribution < -0.4 is 10.4 Å². The zero-order valence-corrected chi connectivity index (χ0v) is 13.2. The highest BCUT2D eigenvalue weighted by Gasteiger charge is 2.06. The minimum Gasteiger partial charge on any atom is -0.493 e. The van der Waals surface area contributed by atoms with Gasteiger partial charge in [-0.1, -0.05) is 18.7 Å². The number of hydrogen-bond acceptors (Lipinski definition) is 5. The van der Waals surface area contributed by atoms with Crippen molar-refractivity contribution in [3.63, 3.8) is 0 Å². The van der Waals surface area contributed by atoms with Gasteiger partial charge in [0, 0.05) is 5.57 Å². The molecule has 0 aliphatic carbocycles. The highest BCUT2D eigenvalue weighted by atomic mass is 16.5. The van der Waals surface area contributed by atoms with E-state index in [-0.39, 0.29) is 5.97 Å². The van der Waals surface area contributed by atoms with E-state index in [4.69, 9.17) is 13.9 Å². The molecule has 0 aliphatic rings. The number of carbonyl (C=O) groups excluding carboxylic acids is 1. The van der Waals surface area contributed by atoms with Gasteiger partial charge in [0.05, 0.1) is 24.7 Å². The third-order valence-electron chi connectivity index (χ3n) is 3.24.